The van der Waals surface area contributed by atoms with E-state index in [1.54, 1.807) is 12.1 Å². The molecule has 1 fully saturated rings. The van der Waals surface area contributed by atoms with E-state index in [9.17, 15) is 4.79 Å². The lowest BCUT2D eigenvalue weighted by Gasteiger charge is -2.32. The Bertz CT molecular complexity index is 874. The Hall–Kier alpha value is -3.13. The fraction of sp³-hybridized carbons (Fsp3) is 0.316. The van der Waals surface area contributed by atoms with Gasteiger partial charge in [0.1, 0.15) is 6.33 Å². The fourth-order valence-electron chi connectivity index (χ4n) is 3.29. The second-order valence-electron chi connectivity index (χ2n) is 6.65. The Morgan fingerprint density at radius 2 is 2.04 bits per heavy atom. The van der Waals surface area contributed by atoms with Crippen molar-refractivity contribution in [1.82, 2.24) is 35.4 Å². The second-order valence-corrected chi connectivity index (χ2v) is 6.65. The largest absolute Gasteiger partial charge is 0.349 e. The van der Waals surface area contributed by atoms with Crippen LogP contribution in [0.2, 0.25) is 0 Å². The van der Waals surface area contributed by atoms with E-state index in [4.69, 9.17) is 0 Å². The van der Waals surface area contributed by atoms with E-state index in [2.05, 4.69) is 30.7 Å². The zero-order valence-electron chi connectivity index (χ0n) is 14.9. The zero-order valence-corrected chi connectivity index (χ0v) is 14.9. The molecule has 0 aliphatic carbocycles. The number of nitrogens with zero attached hydrogens (tertiary/aromatic N) is 6. The van der Waals surface area contributed by atoms with Crippen LogP contribution in [-0.2, 0) is 6.54 Å². The Labute approximate surface area is 157 Å². The highest BCUT2D eigenvalue weighted by Crippen LogP contribution is 2.14. The predicted molar refractivity (Wildman–Crippen MR) is 99.2 cm³/mol. The molecule has 3 aromatic rings. The van der Waals surface area contributed by atoms with Gasteiger partial charge < -0.3 is 5.32 Å². The first kappa shape index (κ1) is 17.3. The quantitative estimate of drug-likeness (QED) is 0.738. The van der Waals surface area contributed by atoms with Crippen molar-refractivity contribution in [3.8, 4) is 5.69 Å². The molecule has 0 unspecified atom stereocenters. The summed E-state index contributed by atoms with van der Waals surface area (Å²) in [5, 5.41) is 14.3. The normalized spacial score (nSPS) is 15.6. The minimum atomic E-state index is -0.0619. The van der Waals surface area contributed by atoms with E-state index in [0.29, 0.717) is 5.56 Å². The second kappa shape index (κ2) is 8.05. The molecule has 4 rings (SSSR count). The lowest BCUT2D eigenvalue weighted by Crippen LogP contribution is -2.44. The van der Waals surface area contributed by atoms with Gasteiger partial charge in [0, 0.05) is 37.4 Å². The summed E-state index contributed by atoms with van der Waals surface area (Å²) >= 11 is 0. The minimum absolute atomic E-state index is 0.0619. The first-order chi connectivity index (χ1) is 13.3. The SMILES string of the molecule is O=C(NC1CCN(Cc2ccccn2)CC1)c1cccc(-n2cnnn2)c1. The van der Waals surface area contributed by atoms with Crippen molar-refractivity contribution < 1.29 is 4.79 Å². The smallest absolute Gasteiger partial charge is 0.251 e. The molecule has 1 aromatic carbocycles. The van der Waals surface area contributed by atoms with Crippen LogP contribution in [0.3, 0.4) is 0 Å². The first-order valence-electron chi connectivity index (χ1n) is 9.04. The number of hydrogen-bond acceptors (Lipinski definition) is 6. The van der Waals surface area contributed by atoms with Gasteiger partial charge in [0.2, 0.25) is 0 Å². The molecule has 2 aromatic heterocycles. The molecule has 0 atom stereocenters. The third kappa shape index (κ3) is 4.35. The van der Waals surface area contributed by atoms with Gasteiger partial charge in [-0.1, -0.05) is 12.1 Å². The van der Waals surface area contributed by atoms with E-state index in [1.807, 2.05) is 36.5 Å². The van der Waals surface area contributed by atoms with Crippen LogP contribution in [0.5, 0.6) is 0 Å². The maximum atomic E-state index is 12.6. The maximum Gasteiger partial charge on any atom is 0.251 e. The van der Waals surface area contributed by atoms with Gasteiger partial charge in [0.25, 0.3) is 5.91 Å². The Kier molecular flexibility index (Phi) is 5.15. The molecule has 1 aliphatic rings. The highest BCUT2D eigenvalue weighted by molar-refractivity contribution is 5.94. The average Bonchev–Trinajstić information content (AvgIpc) is 3.25. The summed E-state index contributed by atoms with van der Waals surface area (Å²) in [7, 11) is 0. The van der Waals surface area contributed by atoms with E-state index in [1.165, 1.54) is 11.0 Å². The van der Waals surface area contributed by atoms with Crippen molar-refractivity contribution in [3.05, 3.63) is 66.2 Å². The molecular weight excluding hydrogens is 342 g/mol. The summed E-state index contributed by atoms with van der Waals surface area (Å²) in [6.45, 7) is 2.76. The molecule has 8 nitrogen and oxygen atoms in total. The van der Waals surface area contributed by atoms with Crippen molar-refractivity contribution in [2.24, 2.45) is 0 Å². The summed E-state index contributed by atoms with van der Waals surface area (Å²) in [4.78, 5) is 19.4. The van der Waals surface area contributed by atoms with Crippen LogP contribution in [0, 0.1) is 0 Å². The van der Waals surface area contributed by atoms with Crippen molar-refractivity contribution in [2.75, 3.05) is 13.1 Å². The number of rotatable bonds is 5. The molecule has 0 bridgehead atoms. The van der Waals surface area contributed by atoms with Crippen LogP contribution in [-0.4, -0.2) is 55.1 Å². The van der Waals surface area contributed by atoms with Crippen LogP contribution < -0.4 is 5.32 Å². The van der Waals surface area contributed by atoms with Gasteiger partial charge in [0.15, 0.2) is 0 Å². The lowest BCUT2D eigenvalue weighted by atomic mass is 10.0. The Morgan fingerprint density at radius 1 is 1.15 bits per heavy atom. The van der Waals surface area contributed by atoms with Crippen LogP contribution in [0.25, 0.3) is 5.69 Å². The van der Waals surface area contributed by atoms with Gasteiger partial charge >= 0.3 is 0 Å². The molecular formula is C19H21N7O. The third-order valence-corrected chi connectivity index (χ3v) is 4.76. The van der Waals surface area contributed by atoms with Gasteiger partial charge in [-0.05, 0) is 53.6 Å². The zero-order chi connectivity index (χ0) is 18.5. The van der Waals surface area contributed by atoms with Crippen molar-refractivity contribution in [2.45, 2.75) is 25.4 Å². The highest BCUT2D eigenvalue weighted by atomic mass is 16.1. The standard InChI is InChI=1S/C19H21N7O/c27-19(15-4-3-6-18(12-15)26-14-21-23-24-26)22-16-7-10-25(11-8-16)13-17-5-1-2-9-20-17/h1-6,9,12,14,16H,7-8,10-11,13H2,(H,22,27). The molecule has 1 saturated heterocycles. The summed E-state index contributed by atoms with van der Waals surface area (Å²) in [6.07, 6.45) is 5.21. The van der Waals surface area contributed by atoms with Gasteiger partial charge in [-0.15, -0.1) is 5.10 Å². The Balaban J connectivity index is 1.31. The molecule has 1 amide bonds. The van der Waals surface area contributed by atoms with Gasteiger partial charge in [-0.25, -0.2) is 4.68 Å². The van der Waals surface area contributed by atoms with Gasteiger partial charge in [0.05, 0.1) is 11.4 Å². The maximum absolute atomic E-state index is 12.6. The minimum Gasteiger partial charge on any atom is -0.349 e. The number of tetrazole rings is 1. The monoisotopic (exact) mass is 363 g/mol. The number of pyridine rings is 1. The highest BCUT2D eigenvalue weighted by Gasteiger charge is 2.21. The van der Waals surface area contributed by atoms with Gasteiger partial charge in [-0.3, -0.25) is 14.7 Å². The van der Waals surface area contributed by atoms with Crippen LogP contribution >= 0.6 is 0 Å². The number of carbonyl (C=O) groups excluding carboxylic acids is 1. The van der Waals surface area contributed by atoms with E-state index in [-0.39, 0.29) is 11.9 Å². The molecule has 0 radical (unpaired) electrons. The number of piperidine rings is 1. The molecule has 3 heterocycles. The molecule has 1 aliphatic heterocycles. The number of carbonyl (C=O) groups is 1. The number of benzene rings is 1. The number of likely N-dealkylation sites (tertiary alicyclic amines) is 1. The van der Waals surface area contributed by atoms with Crippen molar-refractivity contribution in [1.29, 1.82) is 0 Å². The summed E-state index contributed by atoms with van der Waals surface area (Å²) in [5.41, 5.74) is 2.45. The topological polar surface area (TPSA) is 88.8 Å². The lowest BCUT2D eigenvalue weighted by molar-refractivity contribution is 0.0908. The summed E-state index contributed by atoms with van der Waals surface area (Å²) < 4.78 is 1.53. The van der Waals surface area contributed by atoms with Crippen LogP contribution in [0.15, 0.2) is 55.0 Å². The molecule has 0 saturated carbocycles. The molecule has 27 heavy (non-hydrogen) atoms. The first-order valence-corrected chi connectivity index (χ1v) is 9.04. The predicted octanol–water partition coefficient (Wildman–Crippen LogP) is 1.45. The number of amides is 1. The molecule has 138 valence electrons. The number of hydrogen-bond donors (Lipinski definition) is 1. The van der Waals surface area contributed by atoms with E-state index in [0.717, 1.165) is 43.9 Å². The molecule has 0 spiro atoms. The third-order valence-electron chi connectivity index (χ3n) is 4.76. The molecule has 1 N–H and O–H groups in total. The average molecular weight is 363 g/mol. The van der Waals surface area contributed by atoms with Gasteiger partial charge in [-0.2, -0.15) is 0 Å². The summed E-state index contributed by atoms with van der Waals surface area (Å²) in [5.74, 6) is -0.0619. The van der Waals surface area contributed by atoms with E-state index < -0.39 is 0 Å². The van der Waals surface area contributed by atoms with Crippen LogP contribution in [0.1, 0.15) is 28.9 Å². The molecule has 8 heteroatoms. The number of nitrogens with one attached hydrogen (secondary N) is 1. The fourth-order valence-corrected chi connectivity index (χ4v) is 3.29. The van der Waals surface area contributed by atoms with Crippen molar-refractivity contribution >= 4 is 5.91 Å². The summed E-state index contributed by atoms with van der Waals surface area (Å²) in [6, 6.07) is 13.5. The van der Waals surface area contributed by atoms with Crippen LogP contribution in [0.4, 0.5) is 0 Å². The number of aromatic nitrogens is 5. The van der Waals surface area contributed by atoms with E-state index >= 15 is 0 Å². The Morgan fingerprint density at radius 3 is 2.78 bits per heavy atom. The van der Waals surface area contributed by atoms with Crippen molar-refractivity contribution in [3.63, 3.8) is 0 Å².